The molecule has 2 rings (SSSR count). The maximum Gasteiger partial charge on any atom is 0.277 e. The SMILES string of the molecule is CCCCCCCCCCCCn1nnc(-c2cc([N+](=O)[O-])cc([N+](=O)[O-])c2)n1. The highest BCUT2D eigenvalue weighted by molar-refractivity contribution is 5.63. The molecule has 10 heteroatoms. The Labute approximate surface area is 169 Å². The molecule has 0 spiro atoms. The maximum absolute atomic E-state index is 11.0. The Morgan fingerprint density at radius 2 is 1.34 bits per heavy atom. The molecule has 0 saturated heterocycles. The lowest BCUT2D eigenvalue weighted by molar-refractivity contribution is -0.394. The molecule has 10 nitrogen and oxygen atoms in total. The molecular formula is C19H28N6O4. The van der Waals surface area contributed by atoms with Crippen LogP contribution in [0.15, 0.2) is 18.2 Å². The number of non-ortho nitro benzene ring substituents is 2. The van der Waals surface area contributed by atoms with Crippen LogP contribution in [0, 0.1) is 20.2 Å². The van der Waals surface area contributed by atoms with Crippen LogP contribution in [0.4, 0.5) is 11.4 Å². The predicted octanol–water partition coefficient (Wildman–Crippen LogP) is 5.08. The number of rotatable bonds is 14. The summed E-state index contributed by atoms with van der Waals surface area (Å²) in [5.74, 6) is 0.142. The zero-order valence-electron chi connectivity index (χ0n) is 16.8. The molecule has 0 aliphatic carbocycles. The van der Waals surface area contributed by atoms with E-state index in [-0.39, 0.29) is 22.8 Å². The van der Waals surface area contributed by atoms with Crippen LogP contribution in [0.25, 0.3) is 11.4 Å². The highest BCUT2D eigenvalue weighted by atomic mass is 16.6. The average molecular weight is 404 g/mol. The molecule has 0 aliphatic heterocycles. The molecule has 158 valence electrons. The molecule has 0 radical (unpaired) electrons. The molecule has 0 saturated carbocycles. The van der Waals surface area contributed by atoms with E-state index < -0.39 is 9.85 Å². The van der Waals surface area contributed by atoms with Crippen LogP contribution in [0.3, 0.4) is 0 Å². The Bertz CT molecular complexity index is 775. The van der Waals surface area contributed by atoms with Gasteiger partial charge in [-0.25, -0.2) is 0 Å². The fraction of sp³-hybridized carbons (Fsp3) is 0.632. The number of aromatic nitrogens is 4. The van der Waals surface area contributed by atoms with E-state index in [9.17, 15) is 20.2 Å². The van der Waals surface area contributed by atoms with Crippen LogP contribution in [-0.4, -0.2) is 30.1 Å². The number of nitro benzene ring substituents is 2. The van der Waals surface area contributed by atoms with Crippen LogP contribution in [0.5, 0.6) is 0 Å². The van der Waals surface area contributed by atoms with Gasteiger partial charge in [0, 0.05) is 17.7 Å². The van der Waals surface area contributed by atoms with Crippen molar-refractivity contribution in [2.75, 3.05) is 0 Å². The number of hydrogen-bond acceptors (Lipinski definition) is 7. The Morgan fingerprint density at radius 3 is 1.86 bits per heavy atom. The Balaban J connectivity index is 1.79. The number of unbranched alkanes of at least 4 members (excludes halogenated alkanes) is 9. The van der Waals surface area contributed by atoms with Crippen molar-refractivity contribution in [3.8, 4) is 11.4 Å². The van der Waals surface area contributed by atoms with E-state index in [0.29, 0.717) is 6.54 Å². The summed E-state index contributed by atoms with van der Waals surface area (Å²) in [6.07, 6.45) is 12.3. The van der Waals surface area contributed by atoms with E-state index in [1.807, 2.05) is 0 Å². The minimum absolute atomic E-state index is 0.142. The minimum atomic E-state index is -0.676. The smallest absolute Gasteiger partial charge is 0.258 e. The molecular weight excluding hydrogens is 376 g/mol. The molecule has 29 heavy (non-hydrogen) atoms. The van der Waals surface area contributed by atoms with Crippen molar-refractivity contribution >= 4 is 11.4 Å². The molecule has 2 aromatic rings. The highest BCUT2D eigenvalue weighted by Gasteiger charge is 2.19. The van der Waals surface area contributed by atoms with Crippen molar-refractivity contribution in [1.82, 2.24) is 20.2 Å². The molecule has 0 fully saturated rings. The van der Waals surface area contributed by atoms with E-state index in [2.05, 4.69) is 22.3 Å². The van der Waals surface area contributed by atoms with Gasteiger partial charge in [0.15, 0.2) is 0 Å². The second-order valence-corrected chi connectivity index (χ2v) is 7.14. The normalized spacial score (nSPS) is 10.9. The molecule has 1 heterocycles. The first-order chi connectivity index (χ1) is 14.0. The highest BCUT2D eigenvalue weighted by Crippen LogP contribution is 2.27. The van der Waals surface area contributed by atoms with Gasteiger partial charge in [0.2, 0.25) is 5.82 Å². The van der Waals surface area contributed by atoms with E-state index >= 15 is 0 Å². The fourth-order valence-corrected chi connectivity index (χ4v) is 3.13. The zero-order chi connectivity index (χ0) is 21.1. The molecule has 1 aromatic carbocycles. The van der Waals surface area contributed by atoms with Gasteiger partial charge < -0.3 is 0 Å². The first-order valence-corrected chi connectivity index (χ1v) is 10.2. The van der Waals surface area contributed by atoms with Crippen molar-refractivity contribution in [2.24, 2.45) is 0 Å². The lowest BCUT2D eigenvalue weighted by Gasteiger charge is -2.02. The van der Waals surface area contributed by atoms with Gasteiger partial charge in [-0.15, -0.1) is 10.2 Å². The number of benzene rings is 1. The lowest BCUT2D eigenvalue weighted by atomic mass is 10.1. The van der Waals surface area contributed by atoms with Gasteiger partial charge in [0.25, 0.3) is 11.4 Å². The molecule has 0 N–H and O–H groups in total. The largest absolute Gasteiger partial charge is 0.277 e. The lowest BCUT2D eigenvalue weighted by Crippen LogP contribution is -2.02. The molecule has 1 aromatic heterocycles. The van der Waals surface area contributed by atoms with Gasteiger partial charge in [-0.2, -0.15) is 4.80 Å². The molecule has 0 bridgehead atoms. The quantitative estimate of drug-likeness (QED) is 0.244. The predicted molar refractivity (Wildman–Crippen MR) is 108 cm³/mol. The summed E-state index contributed by atoms with van der Waals surface area (Å²) in [5.41, 5.74) is -0.541. The number of tetrazole rings is 1. The van der Waals surface area contributed by atoms with Crippen molar-refractivity contribution in [2.45, 2.75) is 77.7 Å². The first-order valence-electron chi connectivity index (χ1n) is 10.2. The van der Waals surface area contributed by atoms with Crippen LogP contribution in [-0.2, 0) is 6.54 Å². The summed E-state index contributed by atoms with van der Waals surface area (Å²) in [4.78, 5) is 22.1. The summed E-state index contributed by atoms with van der Waals surface area (Å²) in [6, 6.07) is 3.35. The van der Waals surface area contributed by atoms with Gasteiger partial charge in [0.1, 0.15) is 0 Å². The monoisotopic (exact) mass is 404 g/mol. The second kappa shape index (κ2) is 11.8. The van der Waals surface area contributed by atoms with Gasteiger partial charge in [-0.3, -0.25) is 20.2 Å². The summed E-state index contributed by atoms with van der Waals surface area (Å²) in [5, 5.41) is 34.0. The molecule has 0 aliphatic rings. The van der Waals surface area contributed by atoms with E-state index in [1.165, 1.54) is 68.3 Å². The van der Waals surface area contributed by atoms with Gasteiger partial charge in [0.05, 0.1) is 22.5 Å². The Hall–Kier alpha value is -2.91. The third kappa shape index (κ3) is 7.55. The number of nitrogens with zero attached hydrogens (tertiary/aromatic N) is 6. The first kappa shape index (κ1) is 22.4. The van der Waals surface area contributed by atoms with Crippen LogP contribution < -0.4 is 0 Å². The van der Waals surface area contributed by atoms with Crippen LogP contribution in [0.2, 0.25) is 0 Å². The topological polar surface area (TPSA) is 130 Å². The van der Waals surface area contributed by atoms with Crippen molar-refractivity contribution < 1.29 is 9.85 Å². The second-order valence-electron chi connectivity index (χ2n) is 7.14. The average Bonchev–Trinajstić information content (AvgIpc) is 3.18. The summed E-state index contributed by atoms with van der Waals surface area (Å²) in [6.45, 7) is 2.82. The number of aryl methyl sites for hydroxylation is 1. The van der Waals surface area contributed by atoms with E-state index in [0.717, 1.165) is 18.9 Å². The van der Waals surface area contributed by atoms with Crippen LogP contribution in [0.1, 0.15) is 71.1 Å². The standard InChI is InChI=1S/C19H28N6O4/c1-2-3-4-5-6-7-8-9-10-11-12-23-21-19(20-22-23)16-13-17(24(26)27)15-18(14-16)25(28)29/h13-15H,2-12H2,1H3. The Morgan fingerprint density at radius 1 is 0.828 bits per heavy atom. The van der Waals surface area contributed by atoms with Gasteiger partial charge >= 0.3 is 0 Å². The maximum atomic E-state index is 11.0. The third-order valence-electron chi connectivity index (χ3n) is 4.75. The van der Waals surface area contributed by atoms with E-state index in [1.54, 1.807) is 0 Å². The van der Waals surface area contributed by atoms with Crippen molar-refractivity contribution in [3.63, 3.8) is 0 Å². The Kier molecular flexibility index (Phi) is 9.13. The number of nitro groups is 2. The number of hydrogen-bond donors (Lipinski definition) is 0. The third-order valence-corrected chi connectivity index (χ3v) is 4.75. The molecule has 0 unspecified atom stereocenters. The van der Waals surface area contributed by atoms with E-state index in [4.69, 9.17) is 0 Å². The summed E-state index contributed by atoms with van der Waals surface area (Å²) in [7, 11) is 0. The zero-order valence-corrected chi connectivity index (χ0v) is 16.8. The minimum Gasteiger partial charge on any atom is -0.258 e. The molecule has 0 atom stereocenters. The van der Waals surface area contributed by atoms with Crippen molar-refractivity contribution in [3.05, 3.63) is 38.4 Å². The summed E-state index contributed by atoms with van der Waals surface area (Å²) >= 11 is 0. The van der Waals surface area contributed by atoms with Crippen LogP contribution >= 0.6 is 0 Å². The fourth-order valence-electron chi connectivity index (χ4n) is 3.13. The van der Waals surface area contributed by atoms with Crippen molar-refractivity contribution in [1.29, 1.82) is 0 Å². The molecule has 0 amide bonds. The summed E-state index contributed by atoms with van der Waals surface area (Å²) < 4.78 is 0. The van der Waals surface area contributed by atoms with Gasteiger partial charge in [-0.1, -0.05) is 64.7 Å². The van der Waals surface area contributed by atoms with Gasteiger partial charge in [-0.05, 0) is 11.6 Å².